The molecule has 2 aromatic rings. The number of pyridine rings is 1. The minimum Gasteiger partial charge on any atom is -0.488 e. The highest BCUT2D eigenvalue weighted by Crippen LogP contribution is 2.38. The van der Waals surface area contributed by atoms with Crippen LogP contribution < -0.4 is 4.74 Å². The summed E-state index contributed by atoms with van der Waals surface area (Å²) in [5, 5.41) is 18.4. The van der Waals surface area contributed by atoms with Gasteiger partial charge in [-0.1, -0.05) is 21.1 Å². The lowest BCUT2D eigenvalue weighted by atomic mass is 9.74. The van der Waals surface area contributed by atoms with Gasteiger partial charge in [0.2, 0.25) is 0 Å². The highest BCUT2D eigenvalue weighted by atomic mass is 79.9. The topological polar surface area (TPSA) is 90.1 Å². The molecule has 0 unspecified atom stereocenters. The van der Waals surface area contributed by atoms with Gasteiger partial charge in [0.15, 0.2) is 0 Å². The van der Waals surface area contributed by atoms with E-state index in [2.05, 4.69) is 31.2 Å². The number of aliphatic carboxylic acids is 1. The Kier molecular flexibility index (Phi) is 5.32. The fourth-order valence-electron chi connectivity index (χ4n) is 3.43. The van der Waals surface area contributed by atoms with E-state index in [0.29, 0.717) is 23.9 Å². The van der Waals surface area contributed by atoms with Crippen molar-refractivity contribution in [3.8, 4) is 17.1 Å². The van der Waals surface area contributed by atoms with Gasteiger partial charge in [0.05, 0.1) is 28.6 Å². The predicted molar refractivity (Wildman–Crippen MR) is 100 cm³/mol. The van der Waals surface area contributed by atoms with Gasteiger partial charge in [0.1, 0.15) is 11.4 Å². The molecule has 2 atom stereocenters. The van der Waals surface area contributed by atoms with E-state index in [4.69, 9.17) is 4.74 Å². The Bertz CT molecular complexity index is 823. The third kappa shape index (κ3) is 3.60. The fourth-order valence-corrected chi connectivity index (χ4v) is 4.06. The third-order valence-electron chi connectivity index (χ3n) is 5.09. The van der Waals surface area contributed by atoms with Gasteiger partial charge in [-0.3, -0.25) is 9.48 Å². The molecular formula is C18H23BrN4O3. The summed E-state index contributed by atoms with van der Waals surface area (Å²) in [6, 6.07) is 3.76. The summed E-state index contributed by atoms with van der Waals surface area (Å²) >= 11 is 3.46. The van der Waals surface area contributed by atoms with Gasteiger partial charge in [0, 0.05) is 18.8 Å². The lowest BCUT2D eigenvalue weighted by Crippen LogP contribution is -2.38. The minimum atomic E-state index is -0.749. The van der Waals surface area contributed by atoms with Crippen LogP contribution in [0.3, 0.4) is 0 Å². The van der Waals surface area contributed by atoms with Gasteiger partial charge in [0.25, 0.3) is 0 Å². The van der Waals surface area contributed by atoms with Gasteiger partial charge in [-0.25, -0.2) is 4.98 Å². The lowest BCUT2D eigenvalue weighted by molar-refractivity contribution is -0.151. The second kappa shape index (κ2) is 7.34. The average Bonchev–Trinajstić information content (AvgIpc) is 2.97. The number of carbonyl (C=O) groups is 1. The summed E-state index contributed by atoms with van der Waals surface area (Å²) < 4.78 is 7.83. The van der Waals surface area contributed by atoms with Crippen LogP contribution in [0.15, 0.2) is 12.1 Å². The van der Waals surface area contributed by atoms with Crippen LogP contribution in [0.4, 0.5) is 0 Å². The van der Waals surface area contributed by atoms with E-state index in [1.54, 1.807) is 11.6 Å². The second-order valence-corrected chi connectivity index (χ2v) is 7.68. The number of hydrogen-bond donors (Lipinski definition) is 1. The van der Waals surface area contributed by atoms with Crippen LogP contribution in [0.1, 0.15) is 44.0 Å². The summed E-state index contributed by atoms with van der Waals surface area (Å²) in [5.41, 5.74) is 2.49. The zero-order chi connectivity index (χ0) is 18.9. The van der Waals surface area contributed by atoms with Crippen LogP contribution in [-0.4, -0.2) is 37.2 Å². The molecule has 0 amide bonds. The number of carboxylic acid groups (broad SMARTS) is 1. The minimum absolute atomic E-state index is 0.106. The Morgan fingerprint density at radius 3 is 2.92 bits per heavy atom. The Hall–Kier alpha value is -1.96. The van der Waals surface area contributed by atoms with Gasteiger partial charge in [-0.15, -0.1) is 5.10 Å². The van der Waals surface area contributed by atoms with E-state index in [-0.39, 0.29) is 6.10 Å². The molecule has 0 spiro atoms. The number of hydrogen-bond acceptors (Lipinski definition) is 5. The Balaban J connectivity index is 1.79. The van der Waals surface area contributed by atoms with Crippen molar-refractivity contribution in [1.82, 2.24) is 20.0 Å². The number of rotatable bonds is 5. The quantitative estimate of drug-likeness (QED) is 0.741. The molecule has 1 fully saturated rings. The molecule has 2 aromatic heterocycles. The van der Waals surface area contributed by atoms with Crippen LogP contribution in [0.25, 0.3) is 11.4 Å². The van der Waals surface area contributed by atoms with Gasteiger partial charge in [-0.2, -0.15) is 0 Å². The molecule has 140 valence electrons. The molecule has 0 bridgehead atoms. The maximum atomic E-state index is 11.5. The highest BCUT2D eigenvalue weighted by Gasteiger charge is 2.39. The summed E-state index contributed by atoms with van der Waals surface area (Å²) in [5.74, 6) is -0.0568. The molecule has 0 saturated heterocycles. The number of ether oxygens (including phenoxy) is 1. The number of halogens is 1. The van der Waals surface area contributed by atoms with Crippen molar-refractivity contribution >= 4 is 21.9 Å². The van der Waals surface area contributed by atoms with Crippen LogP contribution >= 0.6 is 15.9 Å². The molecule has 8 heteroatoms. The van der Waals surface area contributed by atoms with Crippen molar-refractivity contribution in [3.63, 3.8) is 0 Å². The lowest BCUT2D eigenvalue weighted by Gasteiger charge is -2.34. The average molecular weight is 423 g/mol. The number of aryl methyl sites for hydroxylation is 2. The van der Waals surface area contributed by atoms with E-state index in [1.165, 1.54) is 0 Å². The van der Waals surface area contributed by atoms with Crippen molar-refractivity contribution in [2.75, 3.05) is 0 Å². The Labute approximate surface area is 160 Å². The Morgan fingerprint density at radius 2 is 2.27 bits per heavy atom. The molecule has 1 N–H and O–H groups in total. The third-order valence-corrected chi connectivity index (χ3v) is 5.62. The first-order valence-electron chi connectivity index (χ1n) is 8.66. The first-order chi connectivity index (χ1) is 12.3. The zero-order valence-electron chi connectivity index (χ0n) is 15.2. The first-order valence-corrected chi connectivity index (χ1v) is 9.79. The van der Waals surface area contributed by atoms with E-state index in [0.717, 1.165) is 35.6 Å². The number of alkyl halides is 1. The van der Waals surface area contributed by atoms with E-state index >= 15 is 0 Å². The van der Waals surface area contributed by atoms with Crippen LogP contribution in [0, 0.1) is 12.3 Å². The fraction of sp³-hybridized carbons (Fsp3) is 0.556. The SMILES string of the molecule is Cc1nc(-c2nnn(C)c2CBr)ccc1O[C@H]1CCC[C@](C)(C(=O)O)C1. The summed E-state index contributed by atoms with van der Waals surface area (Å²) in [4.78, 5) is 16.1. The normalized spacial score (nSPS) is 23.0. The van der Waals surface area contributed by atoms with Crippen molar-refractivity contribution in [2.45, 2.75) is 51.0 Å². The summed E-state index contributed by atoms with van der Waals surface area (Å²) in [7, 11) is 1.85. The van der Waals surface area contributed by atoms with Crippen LogP contribution in [-0.2, 0) is 17.2 Å². The van der Waals surface area contributed by atoms with E-state index in [1.807, 2.05) is 26.1 Å². The molecule has 26 heavy (non-hydrogen) atoms. The number of aromatic nitrogens is 4. The molecular weight excluding hydrogens is 400 g/mol. The van der Waals surface area contributed by atoms with E-state index < -0.39 is 11.4 Å². The smallest absolute Gasteiger partial charge is 0.309 e. The van der Waals surface area contributed by atoms with Gasteiger partial charge in [-0.05, 0) is 45.2 Å². The summed E-state index contributed by atoms with van der Waals surface area (Å²) in [6.07, 6.45) is 2.82. The van der Waals surface area contributed by atoms with Crippen LogP contribution in [0.2, 0.25) is 0 Å². The van der Waals surface area contributed by atoms with Crippen molar-refractivity contribution in [2.24, 2.45) is 12.5 Å². The van der Waals surface area contributed by atoms with Crippen molar-refractivity contribution in [3.05, 3.63) is 23.5 Å². The molecule has 7 nitrogen and oxygen atoms in total. The number of carboxylic acids is 1. The molecule has 3 rings (SSSR count). The van der Waals surface area contributed by atoms with Crippen molar-refractivity contribution in [1.29, 1.82) is 0 Å². The maximum absolute atomic E-state index is 11.5. The molecule has 0 aromatic carbocycles. The van der Waals surface area contributed by atoms with Crippen LogP contribution in [0.5, 0.6) is 5.75 Å². The largest absolute Gasteiger partial charge is 0.488 e. The Morgan fingerprint density at radius 1 is 1.50 bits per heavy atom. The molecule has 0 aliphatic heterocycles. The molecule has 1 aliphatic carbocycles. The molecule has 2 heterocycles. The highest BCUT2D eigenvalue weighted by molar-refractivity contribution is 9.08. The molecule has 1 saturated carbocycles. The first kappa shape index (κ1) is 18.8. The van der Waals surface area contributed by atoms with Crippen molar-refractivity contribution < 1.29 is 14.6 Å². The zero-order valence-corrected chi connectivity index (χ0v) is 16.8. The van der Waals surface area contributed by atoms with Gasteiger partial charge >= 0.3 is 5.97 Å². The van der Waals surface area contributed by atoms with E-state index in [9.17, 15) is 9.90 Å². The monoisotopic (exact) mass is 422 g/mol. The maximum Gasteiger partial charge on any atom is 0.309 e. The second-order valence-electron chi connectivity index (χ2n) is 7.12. The predicted octanol–water partition coefficient (Wildman–Crippen LogP) is 3.49. The van der Waals surface area contributed by atoms with Gasteiger partial charge < -0.3 is 9.84 Å². The molecule has 0 radical (unpaired) electrons. The summed E-state index contributed by atoms with van der Waals surface area (Å²) in [6.45, 7) is 3.69. The standard InChI is InChI=1S/C18H23BrN4O3/c1-11-15(26-12-5-4-8-18(2,9-12)17(24)25)7-6-13(20-11)16-14(10-19)23(3)22-21-16/h6-7,12H,4-5,8-10H2,1-3H3,(H,24,25)/t12-,18-/m0/s1. The molecule has 1 aliphatic rings. The number of nitrogens with zero attached hydrogens (tertiary/aromatic N) is 4.